The van der Waals surface area contributed by atoms with E-state index in [9.17, 15) is 4.79 Å². The number of nitrogen functional groups attached to an aromatic ring is 1. The van der Waals surface area contributed by atoms with Crippen molar-refractivity contribution in [2.45, 2.75) is 44.4 Å². The number of thiazole rings is 1. The van der Waals surface area contributed by atoms with E-state index in [0.29, 0.717) is 12.5 Å². The number of carbonyl (C=O) groups excluding carboxylic acids is 1. The van der Waals surface area contributed by atoms with Gasteiger partial charge in [-0.1, -0.05) is 19.3 Å². The number of hydrogen-bond donors (Lipinski definition) is 2. The second kappa shape index (κ2) is 7.50. The molecule has 3 rings (SSSR count). The zero-order chi connectivity index (χ0) is 16.1. The molecule has 2 aromatic heterocycles. The number of aromatic nitrogens is 3. The van der Waals surface area contributed by atoms with Crippen molar-refractivity contribution in [3.8, 4) is 0 Å². The van der Waals surface area contributed by atoms with Crippen molar-refractivity contribution in [2.24, 2.45) is 0 Å². The van der Waals surface area contributed by atoms with Crippen LogP contribution >= 0.6 is 11.3 Å². The van der Waals surface area contributed by atoms with Crippen LogP contribution in [0.3, 0.4) is 0 Å². The van der Waals surface area contributed by atoms with Crippen molar-refractivity contribution in [3.63, 3.8) is 0 Å². The van der Waals surface area contributed by atoms with Gasteiger partial charge in [0.1, 0.15) is 0 Å². The molecule has 3 N–H and O–H groups in total. The molecule has 1 amide bonds. The molecule has 1 fully saturated rings. The number of carbonyl (C=O) groups is 1. The lowest BCUT2D eigenvalue weighted by atomic mass is 9.87. The van der Waals surface area contributed by atoms with E-state index in [4.69, 9.17) is 10.7 Å². The lowest BCUT2D eigenvalue weighted by Gasteiger charge is -2.19. The fourth-order valence-electron chi connectivity index (χ4n) is 2.92. The van der Waals surface area contributed by atoms with Crippen LogP contribution in [0.5, 0.6) is 0 Å². The van der Waals surface area contributed by atoms with Crippen molar-refractivity contribution in [2.75, 3.05) is 12.3 Å². The second-order valence-corrected chi connectivity index (χ2v) is 6.74. The van der Waals surface area contributed by atoms with Crippen LogP contribution in [0.25, 0.3) is 0 Å². The van der Waals surface area contributed by atoms with Crippen molar-refractivity contribution in [3.05, 3.63) is 34.2 Å². The minimum atomic E-state index is -0.292. The Kier molecular flexibility index (Phi) is 5.17. The van der Waals surface area contributed by atoms with Gasteiger partial charge in [0.2, 0.25) is 0 Å². The van der Waals surface area contributed by atoms with Crippen molar-refractivity contribution in [1.29, 1.82) is 0 Å². The van der Waals surface area contributed by atoms with Crippen LogP contribution in [-0.4, -0.2) is 27.4 Å². The van der Waals surface area contributed by atoms with Gasteiger partial charge in [-0.25, -0.2) is 15.0 Å². The summed E-state index contributed by atoms with van der Waals surface area (Å²) in [6, 6.07) is 0. The van der Waals surface area contributed by atoms with Crippen LogP contribution in [0.15, 0.2) is 17.8 Å². The Bertz CT molecular complexity index is 666. The zero-order valence-corrected chi connectivity index (χ0v) is 13.8. The Morgan fingerprint density at radius 1 is 1.26 bits per heavy atom. The van der Waals surface area contributed by atoms with Crippen LogP contribution in [0.1, 0.15) is 59.2 Å². The molecule has 1 aliphatic carbocycles. The van der Waals surface area contributed by atoms with E-state index in [1.165, 1.54) is 50.2 Å². The third kappa shape index (κ3) is 4.04. The highest BCUT2D eigenvalue weighted by molar-refractivity contribution is 7.09. The molecule has 0 atom stereocenters. The summed E-state index contributed by atoms with van der Waals surface area (Å²) >= 11 is 1.68. The molecule has 1 saturated carbocycles. The Hall–Kier alpha value is -2.02. The third-order valence-electron chi connectivity index (χ3n) is 4.16. The van der Waals surface area contributed by atoms with Gasteiger partial charge in [-0.3, -0.25) is 4.79 Å². The molecule has 0 bridgehead atoms. The topological polar surface area (TPSA) is 93.8 Å². The lowest BCUT2D eigenvalue weighted by molar-refractivity contribution is 0.0950. The summed E-state index contributed by atoms with van der Waals surface area (Å²) in [5.41, 5.74) is 7.05. The first-order chi connectivity index (χ1) is 11.2. The minimum Gasteiger partial charge on any atom is -0.382 e. The molecule has 0 saturated heterocycles. The maximum Gasteiger partial charge on any atom is 0.273 e. The molecule has 6 nitrogen and oxygen atoms in total. The van der Waals surface area contributed by atoms with Gasteiger partial charge in [0.15, 0.2) is 11.5 Å². The average molecular weight is 331 g/mol. The van der Waals surface area contributed by atoms with E-state index >= 15 is 0 Å². The van der Waals surface area contributed by atoms with Gasteiger partial charge in [0.25, 0.3) is 5.91 Å². The fraction of sp³-hybridized carbons (Fsp3) is 0.500. The smallest absolute Gasteiger partial charge is 0.273 e. The maximum absolute atomic E-state index is 12.0. The van der Waals surface area contributed by atoms with Crippen LogP contribution in [0.4, 0.5) is 5.82 Å². The van der Waals surface area contributed by atoms with Gasteiger partial charge in [-0.05, 0) is 12.8 Å². The van der Waals surface area contributed by atoms with Crippen LogP contribution in [0, 0.1) is 0 Å². The number of rotatable bonds is 5. The summed E-state index contributed by atoms with van der Waals surface area (Å²) < 4.78 is 0. The van der Waals surface area contributed by atoms with E-state index < -0.39 is 0 Å². The Morgan fingerprint density at radius 2 is 2.04 bits per heavy atom. The first kappa shape index (κ1) is 15.9. The predicted octanol–water partition coefficient (Wildman–Crippen LogP) is 2.54. The average Bonchev–Trinajstić information content (AvgIpc) is 3.05. The van der Waals surface area contributed by atoms with Gasteiger partial charge < -0.3 is 11.1 Å². The van der Waals surface area contributed by atoms with E-state index in [2.05, 4.69) is 20.7 Å². The quantitative estimate of drug-likeness (QED) is 0.878. The van der Waals surface area contributed by atoms with E-state index in [-0.39, 0.29) is 17.4 Å². The SMILES string of the molecule is Nc1nccnc1C(=O)NCCc1nc(C2CCCCC2)cs1. The van der Waals surface area contributed by atoms with Gasteiger partial charge >= 0.3 is 0 Å². The Balaban J connectivity index is 1.50. The fourth-order valence-corrected chi connectivity index (χ4v) is 3.80. The van der Waals surface area contributed by atoms with Gasteiger partial charge in [-0.2, -0.15) is 0 Å². The van der Waals surface area contributed by atoms with Gasteiger partial charge in [-0.15, -0.1) is 11.3 Å². The molecule has 0 aliphatic heterocycles. The largest absolute Gasteiger partial charge is 0.382 e. The summed E-state index contributed by atoms with van der Waals surface area (Å²) in [5.74, 6) is 0.487. The minimum absolute atomic E-state index is 0.152. The Morgan fingerprint density at radius 3 is 2.83 bits per heavy atom. The van der Waals surface area contributed by atoms with E-state index in [1.54, 1.807) is 11.3 Å². The van der Waals surface area contributed by atoms with E-state index in [0.717, 1.165) is 11.4 Å². The molecule has 122 valence electrons. The molecular weight excluding hydrogens is 310 g/mol. The third-order valence-corrected chi connectivity index (χ3v) is 5.09. The first-order valence-electron chi connectivity index (χ1n) is 8.03. The molecule has 2 heterocycles. The molecule has 23 heavy (non-hydrogen) atoms. The summed E-state index contributed by atoms with van der Waals surface area (Å²) in [6.45, 7) is 0.520. The number of nitrogens with two attached hydrogens (primary N) is 1. The highest BCUT2D eigenvalue weighted by Crippen LogP contribution is 2.33. The molecular formula is C16H21N5OS. The molecule has 0 unspecified atom stereocenters. The summed E-state index contributed by atoms with van der Waals surface area (Å²) in [6.07, 6.45) is 10.1. The Labute approximate surface area is 139 Å². The summed E-state index contributed by atoms with van der Waals surface area (Å²) in [7, 11) is 0. The van der Waals surface area contributed by atoms with Gasteiger partial charge in [0, 0.05) is 36.7 Å². The summed E-state index contributed by atoms with van der Waals surface area (Å²) in [5, 5.41) is 6.06. The molecule has 0 spiro atoms. The van der Waals surface area contributed by atoms with Crippen molar-refractivity contribution >= 4 is 23.1 Å². The molecule has 1 aliphatic rings. The molecule has 7 heteroatoms. The number of nitrogens with one attached hydrogen (secondary N) is 1. The monoisotopic (exact) mass is 331 g/mol. The zero-order valence-electron chi connectivity index (χ0n) is 13.0. The van der Waals surface area contributed by atoms with Crippen LogP contribution in [-0.2, 0) is 6.42 Å². The molecule has 0 aromatic carbocycles. The summed E-state index contributed by atoms with van der Waals surface area (Å²) in [4.78, 5) is 24.6. The van der Waals surface area contributed by atoms with Crippen LogP contribution in [0.2, 0.25) is 0 Å². The van der Waals surface area contributed by atoms with E-state index in [1.807, 2.05) is 0 Å². The normalized spacial score (nSPS) is 15.5. The van der Waals surface area contributed by atoms with Gasteiger partial charge in [0.05, 0.1) is 10.7 Å². The number of nitrogens with zero attached hydrogens (tertiary/aromatic N) is 3. The second-order valence-electron chi connectivity index (χ2n) is 5.80. The predicted molar refractivity (Wildman–Crippen MR) is 90.4 cm³/mol. The number of amides is 1. The van der Waals surface area contributed by atoms with Crippen molar-refractivity contribution < 1.29 is 4.79 Å². The molecule has 0 radical (unpaired) electrons. The highest BCUT2D eigenvalue weighted by Gasteiger charge is 2.18. The van der Waals surface area contributed by atoms with Crippen molar-refractivity contribution in [1.82, 2.24) is 20.3 Å². The number of anilines is 1. The standard InChI is InChI=1S/C16H21N5OS/c17-15-14(18-8-9-19-15)16(22)20-7-6-13-21-12(10-23-13)11-4-2-1-3-5-11/h8-11H,1-7H2,(H2,17,19)(H,20,22). The first-order valence-corrected chi connectivity index (χ1v) is 8.91. The maximum atomic E-state index is 12.0. The number of hydrogen-bond acceptors (Lipinski definition) is 6. The van der Waals surface area contributed by atoms with Crippen LogP contribution < -0.4 is 11.1 Å². The lowest BCUT2D eigenvalue weighted by Crippen LogP contribution is -2.27. The highest BCUT2D eigenvalue weighted by atomic mass is 32.1. The molecule has 2 aromatic rings.